The van der Waals surface area contributed by atoms with Crippen LogP contribution in [0, 0.1) is 36.5 Å². The van der Waals surface area contributed by atoms with Gasteiger partial charge in [0, 0.05) is 11.4 Å². The van der Waals surface area contributed by atoms with E-state index in [1.54, 1.807) is 11.3 Å². The van der Waals surface area contributed by atoms with E-state index in [0.717, 1.165) is 42.0 Å². The lowest BCUT2D eigenvalue weighted by atomic mass is 9.72. The summed E-state index contributed by atoms with van der Waals surface area (Å²) in [7, 11) is 0. The van der Waals surface area contributed by atoms with E-state index in [1.165, 1.54) is 22.2 Å². The molecule has 2 aromatic heterocycles. The Bertz CT molecular complexity index is 1330. The minimum Gasteiger partial charge on any atom is -0.485 e. The van der Waals surface area contributed by atoms with Gasteiger partial charge in [0.05, 0.1) is 11.3 Å². The summed E-state index contributed by atoms with van der Waals surface area (Å²) in [5.74, 6) is 2.17. The van der Waals surface area contributed by atoms with Crippen molar-refractivity contribution in [3.8, 4) is 11.8 Å². The molecule has 0 fully saturated rings. The highest BCUT2D eigenvalue weighted by atomic mass is 32.2. The first-order valence-electron chi connectivity index (χ1n) is 12.7. The molecule has 9 heteroatoms. The highest BCUT2D eigenvalue weighted by Gasteiger charge is 2.32. The van der Waals surface area contributed by atoms with Crippen LogP contribution in [0.1, 0.15) is 67.1 Å². The molecule has 196 valence electrons. The number of anilines is 1. The molecule has 4 rings (SSSR count). The molecule has 1 aliphatic rings. The summed E-state index contributed by atoms with van der Waals surface area (Å²) in [6.45, 7) is 13.9. The van der Waals surface area contributed by atoms with Crippen molar-refractivity contribution >= 4 is 34.0 Å². The lowest BCUT2D eigenvalue weighted by Gasteiger charge is -2.33. The molecule has 1 N–H and O–H groups in total. The SMILES string of the molecule is CCn1c(COc2ccc(C)cc2C)nnc1SCC(=O)Nc1sc2c(c1C#N)CCC(C(C)(C)C)C2. The maximum atomic E-state index is 12.9. The van der Waals surface area contributed by atoms with Gasteiger partial charge in [-0.05, 0) is 68.6 Å². The van der Waals surface area contributed by atoms with Crippen molar-refractivity contribution in [2.75, 3.05) is 11.1 Å². The lowest BCUT2D eigenvalue weighted by molar-refractivity contribution is -0.113. The molecule has 0 bridgehead atoms. The predicted molar refractivity (Wildman–Crippen MR) is 149 cm³/mol. The van der Waals surface area contributed by atoms with E-state index in [-0.39, 0.29) is 17.1 Å². The molecule has 1 aromatic carbocycles. The van der Waals surface area contributed by atoms with E-state index in [4.69, 9.17) is 4.74 Å². The number of nitrogens with one attached hydrogen (secondary N) is 1. The molecule has 3 aromatic rings. The average Bonchev–Trinajstić information content (AvgIpc) is 3.40. The van der Waals surface area contributed by atoms with Gasteiger partial charge in [-0.15, -0.1) is 21.5 Å². The van der Waals surface area contributed by atoms with E-state index in [1.807, 2.05) is 30.5 Å². The number of nitriles is 1. The zero-order valence-electron chi connectivity index (χ0n) is 22.5. The van der Waals surface area contributed by atoms with Crippen molar-refractivity contribution in [2.24, 2.45) is 11.3 Å². The molecule has 0 radical (unpaired) electrons. The van der Waals surface area contributed by atoms with Crippen molar-refractivity contribution in [3.05, 3.63) is 51.2 Å². The Hall–Kier alpha value is -2.83. The Morgan fingerprint density at radius 2 is 2.11 bits per heavy atom. The average molecular weight is 538 g/mol. The standard InChI is InChI=1S/C28H35N5O2S2/c1-7-33-24(15-35-22-11-8-17(2)12-18(22)3)31-32-27(33)36-16-25(34)30-26-21(14-29)20-10-9-19(28(4,5)6)13-23(20)37-26/h8,11-12,19H,7,9-10,13,15-16H2,1-6H3,(H,30,34). The monoisotopic (exact) mass is 537 g/mol. The van der Waals surface area contributed by atoms with Gasteiger partial charge in [-0.25, -0.2) is 0 Å². The second-order valence-corrected chi connectivity index (χ2v) is 12.7. The fraction of sp³-hybridized carbons (Fsp3) is 0.500. The Kier molecular flexibility index (Phi) is 8.29. The van der Waals surface area contributed by atoms with Gasteiger partial charge in [-0.2, -0.15) is 5.26 Å². The molecule has 0 saturated heterocycles. The number of benzene rings is 1. The number of nitrogens with zero attached hydrogens (tertiary/aromatic N) is 4. The van der Waals surface area contributed by atoms with Gasteiger partial charge in [-0.1, -0.05) is 50.2 Å². The summed E-state index contributed by atoms with van der Waals surface area (Å²) in [5, 5.41) is 22.8. The number of aromatic nitrogens is 3. The predicted octanol–water partition coefficient (Wildman–Crippen LogP) is 6.31. The molecule has 37 heavy (non-hydrogen) atoms. The first-order chi connectivity index (χ1) is 17.6. The minimum atomic E-state index is -0.147. The maximum absolute atomic E-state index is 12.9. The Morgan fingerprint density at radius 3 is 2.78 bits per heavy atom. The summed E-state index contributed by atoms with van der Waals surface area (Å²) in [6, 6.07) is 8.42. The van der Waals surface area contributed by atoms with Gasteiger partial charge >= 0.3 is 0 Å². The van der Waals surface area contributed by atoms with Crippen LogP contribution >= 0.6 is 23.1 Å². The van der Waals surface area contributed by atoms with Gasteiger partial charge in [0.2, 0.25) is 5.91 Å². The van der Waals surface area contributed by atoms with Gasteiger partial charge in [0.1, 0.15) is 23.4 Å². The van der Waals surface area contributed by atoms with E-state index in [0.29, 0.717) is 34.8 Å². The number of thiophene rings is 1. The van der Waals surface area contributed by atoms with Crippen LogP contribution in [-0.4, -0.2) is 26.4 Å². The number of hydrogen-bond donors (Lipinski definition) is 1. The zero-order valence-corrected chi connectivity index (χ0v) is 24.1. The summed E-state index contributed by atoms with van der Waals surface area (Å²) < 4.78 is 7.96. The first-order valence-corrected chi connectivity index (χ1v) is 14.5. The van der Waals surface area contributed by atoms with Crippen molar-refractivity contribution in [2.45, 2.75) is 79.1 Å². The number of thioether (sulfide) groups is 1. The zero-order chi connectivity index (χ0) is 26.7. The molecule has 2 heterocycles. The number of aryl methyl sites for hydroxylation is 2. The number of rotatable bonds is 8. The van der Waals surface area contributed by atoms with Crippen LogP contribution in [-0.2, 0) is 30.8 Å². The van der Waals surface area contributed by atoms with Crippen molar-refractivity contribution in [1.29, 1.82) is 5.26 Å². The number of carbonyl (C=O) groups excluding carboxylic acids is 1. The Labute approximate surface area is 227 Å². The third-order valence-corrected chi connectivity index (χ3v) is 9.12. The lowest BCUT2D eigenvalue weighted by Crippen LogP contribution is -2.26. The first kappa shape index (κ1) is 27.2. The minimum absolute atomic E-state index is 0.147. The Balaban J connectivity index is 1.38. The number of amides is 1. The highest BCUT2D eigenvalue weighted by Crippen LogP contribution is 2.44. The van der Waals surface area contributed by atoms with Crippen molar-refractivity contribution in [1.82, 2.24) is 14.8 Å². The molecule has 1 atom stereocenters. The molecule has 0 saturated carbocycles. The van der Waals surface area contributed by atoms with Crippen LogP contribution in [0.25, 0.3) is 0 Å². The third kappa shape index (κ3) is 6.19. The summed E-state index contributed by atoms with van der Waals surface area (Å²) >= 11 is 2.90. The van der Waals surface area contributed by atoms with Gasteiger partial charge in [0.25, 0.3) is 0 Å². The highest BCUT2D eigenvalue weighted by molar-refractivity contribution is 7.99. The molecule has 1 aliphatic carbocycles. The van der Waals surface area contributed by atoms with Crippen molar-refractivity contribution < 1.29 is 9.53 Å². The van der Waals surface area contributed by atoms with E-state index >= 15 is 0 Å². The quantitative estimate of drug-likeness (QED) is 0.339. The van der Waals surface area contributed by atoms with E-state index in [9.17, 15) is 10.1 Å². The normalized spacial score (nSPS) is 15.2. The van der Waals surface area contributed by atoms with Gasteiger partial charge in [0.15, 0.2) is 11.0 Å². The second-order valence-electron chi connectivity index (χ2n) is 10.7. The molecule has 0 aliphatic heterocycles. The van der Waals surface area contributed by atoms with Crippen LogP contribution in [0.5, 0.6) is 5.75 Å². The number of carbonyl (C=O) groups is 1. The van der Waals surface area contributed by atoms with Crippen LogP contribution in [0.2, 0.25) is 0 Å². The summed E-state index contributed by atoms with van der Waals surface area (Å²) in [4.78, 5) is 14.1. The summed E-state index contributed by atoms with van der Waals surface area (Å²) in [6.07, 6.45) is 2.94. The fourth-order valence-corrected chi connectivity index (χ4v) is 6.89. The fourth-order valence-electron chi connectivity index (χ4n) is 4.78. The topological polar surface area (TPSA) is 92.8 Å². The molecule has 1 amide bonds. The number of ether oxygens (including phenoxy) is 1. The van der Waals surface area contributed by atoms with E-state index in [2.05, 4.69) is 55.3 Å². The van der Waals surface area contributed by atoms with Crippen molar-refractivity contribution in [3.63, 3.8) is 0 Å². The van der Waals surface area contributed by atoms with Gasteiger partial charge < -0.3 is 14.6 Å². The molecular formula is C28H35N5O2S2. The number of fused-ring (bicyclic) bond motifs is 1. The second kappa shape index (κ2) is 11.3. The van der Waals surface area contributed by atoms with Crippen LogP contribution in [0.4, 0.5) is 5.00 Å². The smallest absolute Gasteiger partial charge is 0.235 e. The number of hydrogen-bond acceptors (Lipinski definition) is 7. The molecule has 1 unspecified atom stereocenters. The molecular weight excluding hydrogens is 502 g/mol. The van der Waals surface area contributed by atoms with E-state index < -0.39 is 0 Å². The maximum Gasteiger partial charge on any atom is 0.235 e. The molecule has 7 nitrogen and oxygen atoms in total. The third-order valence-electron chi connectivity index (χ3n) is 6.98. The van der Waals surface area contributed by atoms with Crippen LogP contribution in [0.3, 0.4) is 0 Å². The molecule has 0 spiro atoms. The van der Waals surface area contributed by atoms with Crippen LogP contribution < -0.4 is 10.1 Å². The summed E-state index contributed by atoms with van der Waals surface area (Å²) in [5.41, 5.74) is 4.25. The Morgan fingerprint density at radius 1 is 1.32 bits per heavy atom. The largest absolute Gasteiger partial charge is 0.485 e. The van der Waals surface area contributed by atoms with Gasteiger partial charge in [-0.3, -0.25) is 4.79 Å². The van der Waals surface area contributed by atoms with Crippen LogP contribution in [0.15, 0.2) is 23.4 Å².